The van der Waals surface area contributed by atoms with E-state index < -0.39 is 29.5 Å². The van der Waals surface area contributed by atoms with E-state index in [-0.39, 0.29) is 5.69 Å². The number of carbonyl (C=O) groups excluding carboxylic acids is 2. The van der Waals surface area contributed by atoms with Crippen LogP contribution in [0.3, 0.4) is 0 Å². The second-order valence-electron chi connectivity index (χ2n) is 5.95. The standard InChI is InChI=1S/C16H23FN2O4/c1-6-12(14(20)22-5)19-13-9-10(7-8-11(13)17)18-15(21)23-16(2,3)4/h7-9,12,19H,6H2,1-5H3,(H,18,21). The summed E-state index contributed by atoms with van der Waals surface area (Å²) in [6, 6.07) is 3.32. The lowest BCUT2D eigenvalue weighted by molar-refractivity contribution is -0.141. The summed E-state index contributed by atoms with van der Waals surface area (Å²) in [5.74, 6) is -1.03. The predicted molar refractivity (Wildman–Crippen MR) is 86.0 cm³/mol. The van der Waals surface area contributed by atoms with Gasteiger partial charge in [-0.2, -0.15) is 0 Å². The molecular formula is C16H23FN2O4. The van der Waals surface area contributed by atoms with Crippen molar-refractivity contribution in [1.29, 1.82) is 0 Å². The van der Waals surface area contributed by atoms with Gasteiger partial charge in [0.15, 0.2) is 0 Å². The Balaban J connectivity index is 2.87. The number of hydrogen-bond donors (Lipinski definition) is 2. The van der Waals surface area contributed by atoms with Crippen molar-refractivity contribution in [3.8, 4) is 0 Å². The quantitative estimate of drug-likeness (QED) is 0.809. The van der Waals surface area contributed by atoms with Gasteiger partial charge in [0, 0.05) is 5.69 Å². The van der Waals surface area contributed by atoms with Gasteiger partial charge in [-0.15, -0.1) is 0 Å². The van der Waals surface area contributed by atoms with E-state index in [1.165, 1.54) is 25.3 Å². The Kier molecular flexibility index (Phi) is 6.36. The molecule has 1 aromatic carbocycles. The van der Waals surface area contributed by atoms with Crippen molar-refractivity contribution >= 4 is 23.4 Å². The first-order chi connectivity index (χ1) is 10.7. The van der Waals surface area contributed by atoms with Crippen molar-refractivity contribution in [2.24, 2.45) is 0 Å². The fourth-order valence-corrected chi connectivity index (χ4v) is 1.79. The molecule has 0 aliphatic rings. The zero-order chi connectivity index (χ0) is 17.6. The highest BCUT2D eigenvalue weighted by Crippen LogP contribution is 2.22. The van der Waals surface area contributed by atoms with E-state index in [4.69, 9.17) is 4.74 Å². The molecule has 0 aliphatic heterocycles. The number of benzene rings is 1. The normalized spacial score (nSPS) is 12.3. The first-order valence-corrected chi connectivity index (χ1v) is 7.30. The lowest BCUT2D eigenvalue weighted by atomic mass is 10.2. The van der Waals surface area contributed by atoms with Gasteiger partial charge in [-0.05, 0) is 45.4 Å². The van der Waals surface area contributed by atoms with E-state index in [1.54, 1.807) is 27.7 Å². The van der Waals surface area contributed by atoms with E-state index in [9.17, 15) is 14.0 Å². The fourth-order valence-electron chi connectivity index (χ4n) is 1.79. The van der Waals surface area contributed by atoms with Crippen molar-refractivity contribution in [3.63, 3.8) is 0 Å². The molecule has 0 saturated carbocycles. The number of hydrogen-bond acceptors (Lipinski definition) is 5. The number of carbonyl (C=O) groups is 2. The molecule has 128 valence electrons. The summed E-state index contributed by atoms with van der Waals surface area (Å²) in [7, 11) is 1.27. The van der Waals surface area contributed by atoms with Gasteiger partial charge >= 0.3 is 12.1 Å². The van der Waals surface area contributed by atoms with Crippen LogP contribution >= 0.6 is 0 Å². The Hall–Kier alpha value is -2.31. The topological polar surface area (TPSA) is 76.7 Å². The molecule has 0 aliphatic carbocycles. The number of nitrogens with one attached hydrogen (secondary N) is 2. The van der Waals surface area contributed by atoms with Crippen LogP contribution in [-0.4, -0.2) is 30.8 Å². The van der Waals surface area contributed by atoms with Gasteiger partial charge in [0.25, 0.3) is 0 Å². The third-order valence-electron chi connectivity index (χ3n) is 2.84. The lowest BCUT2D eigenvalue weighted by Gasteiger charge is -2.20. The molecule has 1 unspecified atom stereocenters. The van der Waals surface area contributed by atoms with Gasteiger partial charge in [0.05, 0.1) is 12.8 Å². The first-order valence-electron chi connectivity index (χ1n) is 7.30. The molecular weight excluding hydrogens is 303 g/mol. The molecule has 1 rings (SSSR count). The minimum absolute atomic E-state index is 0.0933. The van der Waals surface area contributed by atoms with Crippen LogP contribution in [0.2, 0.25) is 0 Å². The highest BCUT2D eigenvalue weighted by molar-refractivity contribution is 5.86. The molecule has 7 heteroatoms. The number of anilines is 2. The van der Waals surface area contributed by atoms with E-state index in [1.807, 2.05) is 0 Å². The summed E-state index contributed by atoms with van der Waals surface area (Å²) in [4.78, 5) is 23.3. The van der Waals surface area contributed by atoms with Crippen LogP contribution in [0, 0.1) is 5.82 Å². The molecule has 0 fully saturated rings. The van der Waals surface area contributed by atoms with Crippen LogP contribution in [0.25, 0.3) is 0 Å². The Morgan fingerprint density at radius 1 is 1.30 bits per heavy atom. The fraction of sp³-hybridized carbons (Fsp3) is 0.500. The Labute approximate surface area is 135 Å². The molecule has 1 atom stereocenters. The summed E-state index contributed by atoms with van der Waals surface area (Å²) in [5, 5.41) is 5.28. The van der Waals surface area contributed by atoms with Gasteiger partial charge in [-0.3, -0.25) is 5.32 Å². The minimum atomic E-state index is -0.675. The molecule has 23 heavy (non-hydrogen) atoms. The van der Waals surface area contributed by atoms with Crippen molar-refractivity contribution in [3.05, 3.63) is 24.0 Å². The van der Waals surface area contributed by atoms with Crippen LogP contribution < -0.4 is 10.6 Å². The third kappa shape index (κ3) is 6.14. The van der Waals surface area contributed by atoms with Crippen LogP contribution in [0.15, 0.2) is 18.2 Å². The molecule has 1 aromatic rings. The zero-order valence-corrected chi connectivity index (χ0v) is 14.0. The second kappa shape index (κ2) is 7.80. The van der Waals surface area contributed by atoms with Gasteiger partial charge < -0.3 is 14.8 Å². The maximum atomic E-state index is 13.9. The average molecular weight is 326 g/mol. The van der Waals surface area contributed by atoms with E-state index >= 15 is 0 Å². The highest BCUT2D eigenvalue weighted by Gasteiger charge is 2.19. The van der Waals surface area contributed by atoms with Gasteiger partial charge in [-0.25, -0.2) is 14.0 Å². The molecule has 0 heterocycles. The Morgan fingerprint density at radius 2 is 1.96 bits per heavy atom. The number of ether oxygens (including phenoxy) is 2. The van der Waals surface area contributed by atoms with Gasteiger partial charge in [0.1, 0.15) is 17.5 Å². The van der Waals surface area contributed by atoms with Crippen molar-refractivity contribution < 1.29 is 23.5 Å². The van der Waals surface area contributed by atoms with E-state index in [0.717, 1.165) is 0 Å². The number of esters is 1. The summed E-state index contributed by atoms with van der Waals surface area (Å²) in [5.41, 5.74) is -0.192. The lowest BCUT2D eigenvalue weighted by Crippen LogP contribution is -2.30. The number of rotatable bonds is 5. The summed E-state index contributed by atoms with van der Waals surface area (Å²) in [6.07, 6.45) is -0.217. The molecule has 1 amide bonds. The van der Waals surface area contributed by atoms with Gasteiger partial charge in [0.2, 0.25) is 0 Å². The monoisotopic (exact) mass is 326 g/mol. The van der Waals surface area contributed by atoms with E-state index in [0.29, 0.717) is 12.1 Å². The second-order valence-corrected chi connectivity index (χ2v) is 5.95. The van der Waals surface area contributed by atoms with E-state index in [2.05, 4.69) is 15.4 Å². The Bertz CT molecular complexity index is 570. The molecule has 0 radical (unpaired) electrons. The molecule has 0 saturated heterocycles. The Morgan fingerprint density at radius 3 is 2.48 bits per heavy atom. The van der Waals surface area contributed by atoms with Crippen LogP contribution in [0.4, 0.5) is 20.6 Å². The maximum absolute atomic E-state index is 13.9. The van der Waals surface area contributed by atoms with Crippen LogP contribution in [-0.2, 0) is 14.3 Å². The molecule has 0 bridgehead atoms. The zero-order valence-electron chi connectivity index (χ0n) is 14.0. The maximum Gasteiger partial charge on any atom is 0.412 e. The third-order valence-corrected chi connectivity index (χ3v) is 2.84. The van der Waals surface area contributed by atoms with Crippen LogP contribution in [0.1, 0.15) is 34.1 Å². The molecule has 6 nitrogen and oxygen atoms in total. The number of halogens is 1. The number of amides is 1. The van der Waals surface area contributed by atoms with Gasteiger partial charge in [-0.1, -0.05) is 6.92 Å². The van der Waals surface area contributed by atoms with Crippen molar-refractivity contribution in [1.82, 2.24) is 0 Å². The average Bonchev–Trinajstić information content (AvgIpc) is 2.44. The van der Waals surface area contributed by atoms with Crippen molar-refractivity contribution in [2.45, 2.75) is 45.8 Å². The highest BCUT2D eigenvalue weighted by atomic mass is 19.1. The summed E-state index contributed by atoms with van der Waals surface area (Å²) >= 11 is 0. The molecule has 2 N–H and O–H groups in total. The molecule has 0 spiro atoms. The predicted octanol–water partition coefficient (Wildman–Crippen LogP) is 3.54. The molecule has 0 aromatic heterocycles. The minimum Gasteiger partial charge on any atom is -0.467 e. The smallest absolute Gasteiger partial charge is 0.412 e. The van der Waals surface area contributed by atoms with Crippen LogP contribution in [0.5, 0.6) is 0 Å². The summed E-state index contributed by atoms with van der Waals surface area (Å²) in [6.45, 7) is 7.00. The number of methoxy groups -OCH3 is 1. The first kappa shape index (κ1) is 18.7. The van der Waals surface area contributed by atoms with Crippen molar-refractivity contribution in [2.75, 3.05) is 17.7 Å². The largest absolute Gasteiger partial charge is 0.467 e. The SMILES string of the molecule is CCC(Nc1cc(NC(=O)OC(C)(C)C)ccc1F)C(=O)OC. The summed E-state index contributed by atoms with van der Waals surface area (Å²) < 4.78 is 23.7.